The van der Waals surface area contributed by atoms with Crippen LogP contribution in [0.1, 0.15) is 33.8 Å². The average molecular weight is 625 g/mol. The van der Waals surface area contributed by atoms with Gasteiger partial charge in [-0.2, -0.15) is 5.10 Å². The maximum absolute atomic E-state index is 13.9. The molecule has 1 N–H and O–H groups in total. The van der Waals surface area contributed by atoms with Crippen LogP contribution in [0.15, 0.2) is 99.7 Å². The highest BCUT2D eigenvalue weighted by molar-refractivity contribution is 7.92. The van der Waals surface area contributed by atoms with Crippen molar-refractivity contribution in [2.24, 2.45) is 12.1 Å². The summed E-state index contributed by atoms with van der Waals surface area (Å²) in [6.07, 6.45) is 1.53. The van der Waals surface area contributed by atoms with E-state index in [1.807, 2.05) is 26.0 Å². The van der Waals surface area contributed by atoms with Crippen LogP contribution in [0.3, 0.4) is 0 Å². The van der Waals surface area contributed by atoms with Crippen molar-refractivity contribution in [3.63, 3.8) is 0 Å². The summed E-state index contributed by atoms with van der Waals surface area (Å²) in [6.45, 7) is 9.07. The molecule has 0 atom stereocenters. The molecule has 0 radical (unpaired) electrons. The first-order valence-corrected chi connectivity index (χ1v) is 15.9. The second kappa shape index (κ2) is 12.4. The lowest BCUT2D eigenvalue weighted by Gasteiger charge is -2.22. The van der Waals surface area contributed by atoms with E-state index >= 15 is 0 Å². The van der Waals surface area contributed by atoms with Gasteiger partial charge in [0, 0.05) is 29.7 Å². The van der Waals surface area contributed by atoms with Crippen molar-refractivity contribution in [1.29, 1.82) is 0 Å². The van der Waals surface area contributed by atoms with Crippen molar-refractivity contribution in [3.8, 4) is 11.4 Å². The van der Waals surface area contributed by atoms with Crippen molar-refractivity contribution in [1.82, 2.24) is 19.4 Å². The van der Waals surface area contributed by atoms with E-state index < -0.39 is 28.0 Å². The highest BCUT2D eigenvalue weighted by atomic mass is 32.2. The fourth-order valence-corrected chi connectivity index (χ4v) is 7.02. The summed E-state index contributed by atoms with van der Waals surface area (Å²) in [6, 6.07) is 24.8. The van der Waals surface area contributed by atoms with Crippen LogP contribution in [-0.4, -0.2) is 41.0 Å². The highest BCUT2D eigenvalue weighted by Gasteiger charge is 2.33. The summed E-state index contributed by atoms with van der Waals surface area (Å²) in [7, 11) is -2.65. The molecule has 3 aromatic carbocycles. The molecule has 0 fully saturated rings. The number of hydrazone groups is 1. The molecule has 5 rings (SSSR count). The minimum absolute atomic E-state index is 0.0472. The Kier molecular flexibility index (Phi) is 8.65. The number of aryl methyl sites for hydroxylation is 3. The Morgan fingerprint density at radius 3 is 2.18 bits per heavy atom. The second-order valence-electron chi connectivity index (χ2n) is 11.0. The van der Waals surface area contributed by atoms with Crippen LogP contribution in [0.2, 0.25) is 0 Å². The van der Waals surface area contributed by atoms with E-state index in [0.717, 1.165) is 32.5 Å². The standard InChI is InChI=1S/C34H36N6O4S/c1-23-17-18-31(24(2)19-23)39-25(3)20-28(26(39)4)21-35-36-32(41)22-38(45(43,44)30-15-11-8-12-16-30)33-27(5)37(6)40(34(33)42)29-13-9-7-10-14-29/h7-21H,22H2,1-6H3,(H,36,41)/b35-21+. The predicted molar refractivity (Wildman–Crippen MR) is 177 cm³/mol. The molecular weight excluding hydrogens is 588 g/mol. The molecule has 0 unspecified atom stereocenters. The quantitative estimate of drug-likeness (QED) is 0.187. The number of sulfonamides is 1. The van der Waals surface area contributed by atoms with Gasteiger partial charge in [0.15, 0.2) is 0 Å². The SMILES string of the molecule is Cc1ccc(-n2c(C)cc(/C=N/NC(=O)CN(c3c(C)n(C)n(-c4ccccc4)c3=O)S(=O)(=O)c3ccccc3)c2C)c(C)c1. The van der Waals surface area contributed by atoms with Gasteiger partial charge in [0.2, 0.25) is 0 Å². The Hall–Kier alpha value is -5.16. The fourth-order valence-electron chi connectivity index (χ4n) is 5.53. The van der Waals surface area contributed by atoms with E-state index in [4.69, 9.17) is 0 Å². The van der Waals surface area contributed by atoms with Gasteiger partial charge in [0.25, 0.3) is 21.5 Å². The number of nitrogens with one attached hydrogen (secondary N) is 1. The van der Waals surface area contributed by atoms with Crippen LogP contribution in [0, 0.1) is 34.6 Å². The number of carbonyl (C=O) groups is 1. The molecule has 0 spiro atoms. The van der Waals surface area contributed by atoms with Crippen LogP contribution in [0.25, 0.3) is 11.4 Å². The first kappa shape index (κ1) is 31.3. The summed E-state index contributed by atoms with van der Waals surface area (Å²) in [4.78, 5) is 27.1. The van der Waals surface area contributed by atoms with Gasteiger partial charge >= 0.3 is 0 Å². The average Bonchev–Trinajstić information content (AvgIpc) is 3.41. The fraction of sp³-hybridized carbons (Fsp3) is 0.206. The van der Waals surface area contributed by atoms with Crippen molar-refractivity contribution < 1.29 is 13.2 Å². The Balaban J connectivity index is 1.47. The lowest BCUT2D eigenvalue weighted by Crippen LogP contribution is -2.42. The molecule has 0 aliphatic rings. The largest absolute Gasteiger partial charge is 0.318 e. The monoisotopic (exact) mass is 624 g/mol. The molecule has 10 nitrogen and oxygen atoms in total. The molecule has 1 amide bonds. The van der Waals surface area contributed by atoms with Gasteiger partial charge in [-0.3, -0.25) is 14.3 Å². The van der Waals surface area contributed by atoms with Gasteiger partial charge in [-0.05, 0) is 76.6 Å². The van der Waals surface area contributed by atoms with E-state index in [9.17, 15) is 18.0 Å². The normalized spacial score (nSPS) is 11.7. The Bertz CT molecular complexity index is 2070. The van der Waals surface area contributed by atoms with Crippen LogP contribution in [0.5, 0.6) is 0 Å². The number of aromatic nitrogens is 3. The molecule has 45 heavy (non-hydrogen) atoms. The van der Waals surface area contributed by atoms with Gasteiger partial charge in [0.1, 0.15) is 12.2 Å². The van der Waals surface area contributed by atoms with E-state index in [2.05, 4.69) is 47.1 Å². The number of nitrogens with zero attached hydrogens (tertiary/aromatic N) is 5. The Morgan fingerprint density at radius 1 is 0.889 bits per heavy atom. The van der Waals surface area contributed by atoms with Crippen LogP contribution >= 0.6 is 0 Å². The van der Waals surface area contributed by atoms with Gasteiger partial charge in [-0.25, -0.2) is 22.8 Å². The van der Waals surface area contributed by atoms with Crippen molar-refractivity contribution in [2.45, 2.75) is 39.5 Å². The van der Waals surface area contributed by atoms with Gasteiger partial charge in [0.05, 0.1) is 22.5 Å². The zero-order valence-electron chi connectivity index (χ0n) is 26.1. The molecule has 11 heteroatoms. The van der Waals surface area contributed by atoms with Crippen molar-refractivity contribution >= 4 is 27.8 Å². The molecule has 0 saturated carbocycles. The molecule has 0 saturated heterocycles. The molecule has 0 bridgehead atoms. The number of hydrogen-bond donors (Lipinski definition) is 1. The Labute approximate surface area is 262 Å². The predicted octanol–water partition coefficient (Wildman–Crippen LogP) is 4.85. The van der Waals surface area contributed by atoms with Gasteiger partial charge in [-0.15, -0.1) is 0 Å². The molecule has 2 aromatic heterocycles. The number of carbonyl (C=O) groups excluding carboxylic acids is 1. The summed E-state index contributed by atoms with van der Waals surface area (Å²) >= 11 is 0. The third-order valence-corrected chi connectivity index (χ3v) is 9.61. The number of amides is 1. The minimum atomic E-state index is -4.31. The van der Waals surface area contributed by atoms with Gasteiger partial charge < -0.3 is 4.57 Å². The zero-order chi connectivity index (χ0) is 32.5. The van der Waals surface area contributed by atoms with Crippen LogP contribution in [-0.2, 0) is 21.9 Å². The number of benzene rings is 3. The number of hydrogen-bond acceptors (Lipinski definition) is 5. The maximum atomic E-state index is 13.9. The summed E-state index contributed by atoms with van der Waals surface area (Å²) in [5, 5.41) is 4.16. The smallest absolute Gasteiger partial charge is 0.296 e. The first-order valence-electron chi connectivity index (χ1n) is 14.4. The third kappa shape index (κ3) is 5.99. The Morgan fingerprint density at radius 2 is 1.53 bits per heavy atom. The van der Waals surface area contributed by atoms with Crippen LogP contribution < -0.4 is 15.3 Å². The zero-order valence-corrected chi connectivity index (χ0v) is 27.0. The molecule has 0 aliphatic heterocycles. The van der Waals surface area contributed by atoms with E-state index in [1.165, 1.54) is 28.6 Å². The summed E-state index contributed by atoms with van der Waals surface area (Å²) in [5.41, 5.74) is 8.80. The summed E-state index contributed by atoms with van der Waals surface area (Å²) < 4.78 is 33.8. The lowest BCUT2D eigenvalue weighted by atomic mass is 10.1. The molecule has 5 aromatic rings. The summed E-state index contributed by atoms with van der Waals surface area (Å²) in [5.74, 6) is -0.706. The molecule has 232 valence electrons. The molecule has 2 heterocycles. The first-order chi connectivity index (χ1) is 21.4. The maximum Gasteiger partial charge on any atom is 0.296 e. The van der Waals surface area contributed by atoms with E-state index in [1.54, 1.807) is 61.1 Å². The minimum Gasteiger partial charge on any atom is -0.318 e. The number of rotatable bonds is 9. The lowest BCUT2D eigenvalue weighted by molar-refractivity contribution is -0.119. The second-order valence-corrected chi connectivity index (χ2v) is 12.8. The highest BCUT2D eigenvalue weighted by Crippen LogP contribution is 2.26. The van der Waals surface area contributed by atoms with E-state index in [-0.39, 0.29) is 10.6 Å². The number of anilines is 1. The molecular formula is C34H36N6O4S. The number of para-hydroxylation sites is 1. The third-order valence-electron chi connectivity index (χ3n) is 7.85. The molecule has 0 aliphatic carbocycles. The van der Waals surface area contributed by atoms with Gasteiger partial charge in [-0.1, -0.05) is 54.1 Å². The topological polar surface area (TPSA) is 111 Å². The van der Waals surface area contributed by atoms with Crippen molar-refractivity contribution in [3.05, 3.63) is 129 Å². The van der Waals surface area contributed by atoms with Crippen molar-refractivity contribution in [2.75, 3.05) is 10.8 Å². The van der Waals surface area contributed by atoms with Crippen LogP contribution in [0.4, 0.5) is 5.69 Å². The van der Waals surface area contributed by atoms with E-state index in [0.29, 0.717) is 11.4 Å².